The van der Waals surface area contributed by atoms with Gasteiger partial charge in [-0.2, -0.15) is 0 Å². The van der Waals surface area contributed by atoms with Gasteiger partial charge in [0.25, 0.3) is 5.91 Å². The van der Waals surface area contributed by atoms with E-state index in [2.05, 4.69) is 5.32 Å². The molecule has 0 bridgehead atoms. The molecule has 1 aromatic heterocycles. The summed E-state index contributed by atoms with van der Waals surface area (Å²) in [6, 6.07) is 7.02. The Morgan fingerprint density at radius 1 is 1.11 bits per heavy atom. The molecule has 27 heavy (non-hydrogen) atoms. The summed E-state index contributed by atoms with van der Waals surface area (Å²) in [5.41, 5.74) is 2.59. The maximum atomic E-state index is 12.3. The van der Waals surface area contributed by atoms with Crippen LogP contribution in [-0.4, -0.2) is 31.6 Å². The van der Waals surface area contributed by atoms with Crippen LogP contribution in [0.1, 0.15) is 49.6 Å². The minimum absolute atomic E-state index is 0.420. The van der Waals surface area contributed by atoms with Gasteiger partial charge in [0.2, 0.25) is 0 Å². The number of aryl methyl sites for hydroxylation is 2. The van der Waals surface area contributed by atoms with Crippen LogP contribution in [0.3, 0.4) is 0 Å². The van der Waals surface area contributed by atoms with Gasteiger partial charge in [-0.05, 0) is 49.8 Å². The molecule has 3 rings (SSSR count). The van der Waals surface area contributed by atoms with E-state index >= 15 is 0 Å². The number of rotatable bonds is 5. The summed E-state index contributed by atoms with van der Waals surface area (Å²) in [7, 11) is 1.32. The molecular formula is C20H21NO5S. The quantitative estimate of drug-likeness (QED) is 0.794. The van der Waals surface area contributed by atoms with Crippen LogP contribution in [-0.2, 0) is 27.1 Å². The van der Waals surface area contributed by atoms with Crippen molar-refractivity contribution in [1.82, 2.24) is 0 Å². The second-order valence-corrected chi connectivity index (χ2v) is 7.45. The number of ether oxygens (including phenoxy) is 2. The molecule has 1 amide bonds. The molecule has 6 nitrogen and oxygen atoms in total. The molecule has 2 aromatic rings. The normalized spacial score (nSPS) is 12.8. The van der Waals surface area contributed by atoms with Crippen molar-refractivity contribution in [2.24, 2.45) is 0 Å². The Bertz CT molecular complexity index is 886. The zero-order chi connectivity index (χ0) is 19.4. The number of hydrogen-bond donors (Lipinski definition) is 1. The number of amides is 1. The Kier molecular flexibility index (Phi) is 5.91. The maximum absolute atomic E-state index is 12.3. The van der Waals surface area contributed by atoms with E-state index in [4.69, 9.17) is 9.47 Å². The van der Waals surface area contributed by atoms with Crippen LogP contribution in [0.15, 0.2) is 24.3 Å². The van der Waals surface area contributed by atoms with Gasteiger partial charge >= 0.3 is 11.9 Å². The first kappa shape index (κ1) is 19.1. The largest absolute Gasteiger partial charge is 0.465 e. The highest BCUT2D eigenvalue weighted by Crippen LogP contribution is 2.38. The van der Waals surface area contributed by atoms with Crippen LogP contribution < -0.4 is 5.32 Å². The molecule has 1 aliphatic rings. The van der Waals surface area contributed by atoms with E-state index in [0.29, 0.717) is 16.1 Å². The number of hydrogen-bond acceptors (Lipinski definition) is 6. The van der Waals surface area contributed by atoms with Crippen LogP contribution in [0, 0.1) is 6.92 Å². The van der Waals surface area contributed by atoms with E-state index in [-0.39, 0.29) is 0 Å². The molecule has 0 atom stereocenters. The number of carbonyl (C=O) groups is 3. The second kappa shape index (κ2) is 8.35. The fourth-order valence-electron chi connectivity index (χ4n) is 3.15. The van der Waals surface area contributed by atoms with Crippen molar-refractivity contribution in [2.75, 3.05) is 19.0 Å². The van der Waals surface area contributed by atoms with Crippen molar-refractivity contribution >= 4 is 34.2 Å². The van der Waals surface area contributed by atoms with Crippen LogP contribution in [0.4, 0.5) is 5.00 Å². The Balaban J connectivity index is 1.69. The molecular weight excluding hydrogens is 366 g/mol. The lowest BCUT2D eigenvalue weighted by Crippen LogP contribution is -2.22. The van der Waals surface area contributed by atoms with E-state index in [1.807, 2.05) is 6.07 Å². The SMILES string of the molecule is COC(=O)c1c(NC(=O)COC(=O)c2ccccc2C)sc2c1CCCC2. The van der Waals surface area contributed by atoms with Crippen molar-refractivity contribution < 1.29 is 23.9 Å². The second-order valence-electron chi connectivity index (χ2n) is 6.35. The average molecular weight is 387 g/mol. The maximum Gasteiger partial charge on any atom is 0.341 e. The molecule has 0 fully saturated rings. The van der Waals surface area contributed by atoms with Gasteiger partial charge in [0.1, 0.15) is 5.00 Å². The zero-order valence-corrected chi connectivity index (χ0v) is 16.1. The van der Waals surface area contributed by atoms with Gasteiger partial charge in [0.15, 0.2) is 6.61 Å². The predicted molar refractivity (Wildman–Crippen MR) is 102 cm³/mol. The Hall–Kier alpha value is -2.67. The van der Waals surface area contributed by atoms with Gasteiger partial charge in [-0.25, -0.2) is 9.59 Å². The molecule has 0 radical (unpaired) electrons. The van der Waals surface area contributed by atoms with Crippen molar-refractivity contribution in [2.45, 2.75) is 32.6 Å². The Labute approximate surface area is 161 Å². The summed E-state index contributed by atoms with van der Waals surface area (Å²) in [6.07, 6.45) is 3.77. The average Bonchev–Trinajstić information content (AvgIpc) is 3.03. The van der Waals surface area contributed by atoms with Crippen molar-refractivity contribution in [1.29, 1.82) is 0 Å². The van der Waals surface area contributed by atoms with Gasteiger partial charge in [-0.15, -0.1) is 11.3 Å². The highest BCUT2D eigenvalue weighted by Gasteiger charge is 2.27. The summed E-state index contributed by atoms with van der Waals surface area (Å²) in [6.45, 7) is 1.38. The smallest absolute Gasteiger partial charge is 0.341 e. The highest BCUT2D eigenvalue weighted by atomic mass is 32.1. The molecule has 142 valence electrons. The van der Waals surface area contributed by atoms with Crippen LogP contribution >= 0.6 is 11.3 Å². The third-order valence-electron chi connectivity index (χ3n) is 4.51. The predicted octanol–water partition coefficient (Wildman–Crippen LogP) is 3.52. The van der Waals surface area contributed by atoms with E-state index in [1.54, 1.807) is 25.1 Å². The van der Waals surface area contributed by atoms with Crippen molar-refractivity contribution in [3.05, 3.63) is 51.4 Å². The zero-order valence-electron chi connectivity index (χ0n) is 15.3. The number of esters is 2. The molecule has 0 spiro atoms. The Morgan fingerprint density at radius 3 is 2.59 bits per heavy atom. The minimum Gasteiger partial charge on any atom is -0.465 e. The molecule has 0 saturated heterocycles. The summed E-state index contributed by atoms with van der Waals surface area (Å²) in [5.74, 6) is -1.50. The number of benzene rings is 1. The van der Waals surface area contributed by atoms with Crippen molar-refractivity contribution in [3.63, 3.8) is 0 Å². The molecule has 1 heterocycles. The highest BCUT2D eigenvalue weighted by molar-refractivity contribution is 7.17. The number of nitrogens with one attached hydrogen (secondary N) is 1. The van der Waals surface area contributed by atoms with Gasteiger partial charge in [-0.3, -0.25) is 4.79 Å². The lowest BCUT2D eigenvalue weighted by atomic mass is 9.95. The standard InChI is InChI=1S/C20H21NO5S/c1-12-7-3-4-8-13(12)19(23)26-11-16(22)21-18-17(20(24)25-2)14-9-5-6-10-15(14)27-18/h3-4,7-8H,5-6,9-11H2,1-2H3,(H,21,22). The third-order valence-corrected chi connectivity index (χ3v) is 5.72. The van der Waals surface area contributed by atoms with E-state index in [9.17, 15) is 14.4 Å². The topological polar surface area (TPSA) is 81.7 Å². The lowest BCUT2D eigenvalue weighted by Gasteiger charge is -2.11. The van der Waals surface area contributed by atoms with Crippen molar-refractivity contribution in [3.8, 4) is 0 Å². The van der Waals surface area contributed by atoms with E-state index < -0.39 is 24.5 Å². The lowest BCUT2D eigenvalue weighted by molar-refractivity contribution is -0.119. The first-order valence-electron chi connectivity index (χ1n) is 8.76. The third kappa shape index (κ3) is 4.19. The summed E-state index contributed by atoms with van der Waals surface area (Å²) >= 11 is 1.39. The molecule has 0 aliphatic heterocycles. The molecule has 0 saturated carbocycles. The van der Waals surface area contributed by atoms with Crippen LogP contribution in [0.25, 0.3) is 0 Å². The summed E-state index contributed by atoms with van der Waals surface area (Å²) < 4.78 is 9.99. The first-order valence-corrected chi connectivity index (χ1v) is 9.58. The van der Waals surface area contributed by atoms with Gasteiger partial charge < -0.3 is 14.8 Å². The number of methoxy groups -OCH3 is 1. The monoisotopic (exact) mass is 387 g/mol. The van der Waals surface area contributed by atoms with Crippen LogP contribution in [0.2, 0.25) is 0 Å². The number of thiophene rings is 1. The summed E-state index contributed by atoms with van der Waals surface area (Å²) in [5, 5.41) is 3.17. The molecule has 7 heteroatoms. The van der Waals surface area contributed by atoms with Gasteiger partial charge in [0, 0.05) is 4.88 Å². The molecule has 1 aromatic carbocycles. The van der Waals surface area contributed by atoms with Gasteiger partial charge in [-0.1, -0.05) is 18.2 Å². The van der Waals surface area contributed by atoms with E-state index in [1.165, 1.54) is 18.4 Å². The molecule has 1 N–H and O–H groups in total. The number of carbonyl (C=O) groups excluding carboxylic acids is 3. The van der Waals surface area contributed by atoms with E-state index in [0.717, 1.165) is 41.7 Å². The Morgan fingerprint density at radius 2 is 1.85 bits per heavy atom. The summed E-state index contributed by atoms with van der Waals surface area (Å²) in [4.78, 5) is 37.7. The molecule has 0 unspecified atom stereocenters. The van der Waals surface area contributed by atoms with Gasteiger partial charge in [0.05, 0.1) is 18.2 Å². The number of anilines is 1. The minimum atomic E-state index is -0.554. The molecule has 1 aliphatic carbocycles. The fraction of sp³-hybridized carbons (Fsp3) is 0.350. The number of fused-ring (bicyclic) bond motifs is 1. The van der Waals surface area contributed by atoms with Crippen LogP contribution in [0.5, 0.6) is 0 Å². The first-order chi connectivity index (χ1) is 13.0. The fourth-order valence-corrected chi connectivity index (χ4v) is 4.44.